The van der Waals surface area contributed by atoms with Crippen molar-refractivity contribution in [2.75, 3.05) is 5.32 Å². The second-order valence-electron chi connectivity index (χ2n) is 4.66. The topological polar surface area (TPSA) is 84.2 Å². The fourth-order valence-corrected chi connectivity index (χ4v) is 1.86. The predicted octanol–water partition coefficient (Wildman–Crippen LogP) is 1.10. The molecule has 1 amide bonds. The molecule has 0 unspecified atom stereocenters. The maximum absolute atomic E-state index is 11.9. The van der Waals surface area contributed by atoms with Crippen LogP contribution in [0.15, 0.2) is 12.3 Å². The van der Waals surface area contributed by atoms with Crippen molar-refractivity contribution in [3.8, 4) is 0 Å². The van der Waals surface area contributed by atoms with Gasteiger partial charge in [0.25, 0.3) is 0 Å². The van der Waals surface area contributed by atoms with E-state index in [1.54, 1.807) is 6.07 Å². The molecular formula is C11H15N3O3. The van der Waals surface area contributed by atoms with Crippen molar-refractivity contribution in [2.24, 2.45) is 5.41 Å². The van der Waals surface area contributed by atoms with Gasteiger partial charge >= 0.3 is 5.97 Å². The van der Waals surface area contributed by atoms with E-state index in [-0.39, 0.29) is 17.9 Å². The summed E-state index contributed by atoms with van der Waals surface area (Å²) in [7, 11) is 0. The standard InChI is InChI=1S/C11H15N3O3/c1-11(4-2-5-11)10(17)12-8-3-6-14(13-8)7-9(15)16/h3,6H,2,4-5,7H2,1H3,(H,15,16)(H,12,13,17). The van der Waals surface area contributed by atoms with Crippen molar-refractivity contribution in [3.63, 3.8) is 0 Å². The van der Waals surface area contributed by atoms with Crippen LogP contribution in [0.2, 0.25) is 0 Å². The third kappa shape index (κ3) is 2.46. The van der Waals surface area contributed by atoms with Crippen LogP contribution in [-0.4, -0.2) is 26.8 Å². The fourth-order valence-electron chi connectivity index (χ4n) is 1.86. The summed E-state index contributed by atoms with van der Waals surface area (Å²) in [5, 5.41) is 15.3. The number of nitrogens with zero attached hydrogens (tertiary/aromatic N) is 2. The largest absolute Gasteiger partial charge is 0.480 e. The van der Waals surface area contributed by atoms with E-state index in [1.807, 2.05) is 6.92 Å². The highest BCUT2D eigenvalue weighted by atomic mass is 16.4. The summed E-state index contributed by atoms with van der Waals surface area (Å²) >= 11 is 0. The molecule has 0 aliphatic heterocycles. The van der Waals surface area contributed by atoms with E-state index in [4.69, 9.17) is 5.11 Å². The van der Waals surface area contributed by atoms with Gasteiger partial charge in [-0.15, -0.1) is 0 Å². The number of carbonyl (C=O) groups is 2. The molecule has 17 heavy (non-hydrogen) atoms. The predicted molar refractivity (Wildman–Crippen MR) is 60.5 cm³/mol. The van der Waals surface area contributed by atoms with Gasteiger partial charge < -0.3 is 10.4 Å². The van der Waals surface area contributed by atoms with Gasteiger partial charge in [0.15, 0.2) is 5.82 Å². The number of carbonyl (C=O) groups excluding carboxylic acids is 1. The zero-order valence-electron chi connectivity index (χ0n) is 9.64. The number of hydrogen-bond acceptors (Lipinski definition) is 3. The van der Waals surface area contributed by atoms with Crippen LogP contribution in [0.5, 0.6) is 0 Å². The van der Waals surface area contributed by atoms with Gasteiger partial charge in [-0.1, -0.05) is 13.3 Å². The van der Waals surface area contributed by atoms with E-state index in [1.165, 1.54) is 10.9 Å². The summed E-state index contributed by atoms with van der Waals surface area (Å²) in [6.07, 6.45) is 4.41. The number of aliphatic carboxylic acids is 1. The Morgan fingerprint density at radius 1 is 1.59 bits per heavy atom. The molecule has 1 saturated carbocycles. The second-order valence-corrected chi connectivity index (χ2v) is 4.66. The summed E-state index contributed by atoms with van der Waals surface area (Å²) in [5.41, 5.74) is -0.281. The number of anilines is 1. The van der Waals surface area contributed by atoms with Gasteiger partial charge in [-0.2, -0.15) is 5.10 Å². The third-order valence-electron chi connectivity index (χ3n) is 3.18. The minimum Gasteiger partial charge on any atom is -0.480 e. The third-order valence-corrected chi connectivity index (χ3v) is 3.18. The lowest BCUT2D eigenvalue weighted by atomic mass is 9.70. The molecule has 1 aromatic heterocycles. The molecule has 6 nitrogen and oxygen atoms in total. The maximum Gasteiger partial charge on any atom is 0.325 e. The molecule has 1 fully saturated rings. The Labute approximate surface area is 98.6 Å². The van der Waals surface area contributed by atoms with Crippen LogP contribution in [0.1, 0.15) is 26.2 Å². The van der Waals surface area contributed by atoms with Gasteiger partial charge in [-0.05, 0) is 12.8 Å². The Kier molecular flexibility index (Phi) is 2.87. The van der Waals surface area contributed by atoms with Gasteiger partial charge in [0.1, 0.15) is 6.54 Å². The number of nitrogens with one attached hydrogen (secondary N) is 1. The molecule has 1 aliphatic rings. The highest BCUT2D eigenvalue weighted by Gasteiger charge is 2.39. The molecule has 0 atom stereocenters. The first-order valence-corrected chi connectivity index (χ1v) is 5.56. The molecule has 0 saturated heterocycles. The maximum atomic E-state index is 11.9. The minimum atomic E-state index is -0.961. The first-order chi connectivity index (χ1) is 7.99. The number of amides is 1. The Bertz CT molecular complexity index is 449. The van der Waals surface area contributed by atoms with E-state index >= 15 is 0 Å². The van der Waals surface area contributed by atoms with Crippen molar-refractivity contribution in [1.29, 1.82) is 0 Å². The first kappa shape index (κ1) is 11.6. The van der Waals surface area contributed by atoms with E-state index in [9.17, 15) is 9.59 Å². The van der Waals surface area contributed by atoms with Crippen molar-refractivity contribution < 1.29 is 14.7 Å². The first-order valence-electron chi connectivity index (χ1n) is 5.56. The molecule has 0 aromatic carbocycles. The van der Waals surface area contributed by atoms with Crippen molar-refractivity contribution in [2.45, 2.75) is 32.7 Å². The highest BCUT2D eigenvalue weighted by molar-refractivity contribution is 5.94. The van der Waals surface area contributed by atoms with E-state index < -0.39 is 5.97 Å². The van der Waals surface area contributed by atoms with E-state index in [0.29, 0.717) is 5.82 Å². The molecule has 0 spiro atoms. The van der Waals surface area contributed by atoms with Crippen molar-refractivity contribution >= 4 is 17.7 Å². The zero-order valence-corrected chi connectivity index (χ0v) is 9.64. The lowest BCUT2D eigenvalue weighted by Gasteiger charge is -2.36. The summed E-state index contributed by atoms with van der Waals surface area (Å²) in [6, 6.07) is 1.60. The van der Waals surface area contributed by atoms with Gasteiger partial charge in [0.05, 0.1) is 0 Å². The lowest BCUT2D eigenvalue weighted by Crippen LogP contribution is -2.39. The molecule has 1 aromatic rings. The number of aromatic nitrogens is 2. The molecule has 1 heterocycles. The van der Waals surface area contributed by atoms with Crippen LogP contribution in [0, 0.1) is 5.41 Å². The van der Waals surface area contributed by atoms with Gasteiger partial charge in [-0.25, -0.2) is 0 Å². The van der Waals surface area contributed by atoms with E-state index in [0.717, 1.165) is 19.3 Å². The van der Waals surface area contributed by atoms with Crippen molar-refractivity contribution in [1.82, 2.24) is 9.78 Å². The van der Waals surface area contributed by atoms with Crippen LogP contribution in [0.25, 0.3) is 0 Å². The molecular weight excluding hydrogens is 222 g/mol. The summed E-state index contributed by atoms with van der Waals surface area (Å²) in [4.78, 5) is 22.3. The summed E-state index contributed by atoms with van der Waals surface area (Å²) < 4.78 is 1.28. The van der Waals surface area contributed by atoms with Crippen LogP contribution in [0.3, 0.4) is 0 Å². The van der Waals surface area contributed by atoms with Crippen LogP contribution in [0.4, 0.5) is 5.82 Å². The Hall–Kier alpha value is -1.85. The monoisotopic (exact) mass is 237 g/mol. The molecule has 92 valence electrons. The van der Waals surface area contributed by atoms with Crippen LogP contribution < -0.4 is 5.32 Å². The smallest absolute Gasteiger partial charge is 0.325 e. The molecule has 6 heteroatoms. The quantitative estimate of drug-likeness (QED) is 0.821. The Morgan fingerprint density at radius 3 is 2.82 bits per heavy atom. The molecule has 1 aliphatic carbocycles. The number of rotatable bonds is 4. The minimum absolute atomic E-state index is 0.0377. The van der Waals surface area contributed by atoms with E-state index in [2.05, 4.69) is 10.4 Å². The normalized spacial score (nSPS) is 17.2. The average Bonchev–Trinajstić information content (AvgIpc) is 2.60. The summed E-state index contributed by atoms with van der Waals surface area (Å²) in [6.45, 7) is 1.73. The molecule has 0 radical (unpaired) electrons. The number of hydrogen-bond donors (Lipinski definition) is 2. The summed E-state index contributed by atoms with van der Waals surface area (Å²) in [5.74, 6) is -0.592. The SMILES string of the molecule is CC1(C(=O)Nc2ccn(CC(=O)O)n2)CCC1. The highest BCUT2D eigenvalue weighted by Crippen LogP contribution is 2.40. The van der Waals surface area contributed by atoms with Crippen LogP contribution in [-0.2, 0) is 16.1 Å². The zero-order chi connectivity index (χ0) is 12.5. The molecule has 0 bridgehead atoms. The fraction of sp³-hybridized carbons (Fsp3) is 0.545. The van der Waals surface area contributed by atoms with Gasteiger partial charge in [0, 0.05) is 17.7 Å². The molecule has 2 N–H and O–H groups in total. The Balaban J connectivity index is 1.97. The van der Waals surface area contributed by atoms with Gasteiger partial charge in [-0.3, -0.25) is 14.3 Å². The average molecular weight is 237 g/mol. The van der Waals surface area contributed by atoms with Gasteiger partial charge in [0.2, 0.25) is 5.91 Å². The number of carboxylic acids is 1. The van der Waals surface area contributed by atoms with Crippen molar-refractivity contribution in [3.05, 3.63) is 12.3 Å². The lowest BCUT2D eigenvalue weighted by molar-refractivity contribution is -0.137. The molecule has 2 rings (SSSR count). The Morgan fingerprint density at radius 2 is 2.29 bits per heavy atom. The number of carboxylic acid groups (broad SMARTS) is 1. The van der Waals surface area contributed by atoms with Crippen LogP contribution >= 0.6 is 0 Å². The second kappa shape index (κ2) is 4.20.